The number of carbonyl (C=O) groups excluding carboxylic acids is 1. The minimum absolute atomic E-state index is 0.232. The highest BCUT2D eigenvalue weighted by molar-refractivity contribution is 5.91. The van der Waals surface area contributed by atoms with Gasteiger partial charge in [-0.2, -0.15) is 0 Å². The summed E-state index contributed by atoms with van der Waals surface area (Å²) >= 11 is 0. The van der Waals surface area contributed by atoms with Gasteiger partial charge in [-0.1, -0.05) is 24.3 Å². The molecule has 0 atom stereocenters. The van der Waals surface area contributed by atoms with Gasteiger partial charge < -0.3 is 4.74 Å². The molecule has 0 aromatic heterocycles. The number of hydrogen-bond acceptors (Lipinski definition) is 3. The molecule has 0 spiro atoms. The third kappa shape index (κ3) is 3.44. The first-order chi connectivity index (χ1) is 10.5. The first kappa shape index (κ1) is 15.6. The van der Waals surface area contributed by atoms with E-state index >= 15 is 0 Å². The van der Waals surface area contributed by atoms with E-state index in [9.17, 15) is 13.6 Å². The fraction of sp³-hybridized carbons (Fsp3) is 0.0588. The van der Waals surface area contributed by atoms with E-state index in [1.165, 1.54) is 0 Å². The van der Waals surface area contributed by atoms with Crippen LogP contribution in [0.4, 0.5) is 14.5 Å². The fourth-order valence-electron chi connectivity index (χ4n) is 1.84. The number of nitrogens with zero attached hydrogens (tertiary/aromatic N) is 1. The summed E-state index contributed by atoms with van der Waals surface area (Å²) < 4.78 is 32.0. The number of ether oxygens (including phenoxy) is 1. The van der Waals surface area contributed by atoms with E-state index in [4.69, 9.17) is 4.74 Å². The zero-order chi connectivity index (χ0) is 16.1. The number of allylic oxidation sites excluding steroid dienone is 1. The van der Waals surface area contributed by atoms with E-state index in [1.54, 1.807) is 24.3 Å². The van der Waals surface area contributed by atoms with Crippen molar-refractivity contribution in [2.45, 2.75) is 6.92 Å². The number of halogens is 2. The predicted octanol–water partition coefficient (Wildman–Crippen LogP) is 4.55. The van der Waals surface area contributed by atoms with Gasteiger partial charge in [0.1, 0.15) is 11.4 Å². The molecule has 0 fully saturated rings. The Bertz CT molecular complexity index is 714. The largest absolute Gasteiger partial charge is 0.423 e. The molecule has 0 aliphatic rings. The average Bonchev–Trinajstić information content (AvgIpc) is 2.48. The van der Waals surface area contributed by atoms with Crippen LogP contribution in [-0.4, -0.2) is 12.7 Å². The van der Waals surface area contributed by atoms with Crippen LogP contribution in [0.2, 0.25) is 0 Å². The second kappa shape index (κ2) is 6.76. The van der Waals surface area contributed by atoms with Crippen LogP contribution in [0.1, 0.15) is 22.8 Å². The molecule has 0 heterocycles. The number of aliphatic imine (C=N–C) groups is 1. The van der Waals surface area contributed by atoms with Gasteiger partial charge in [-0.3, -0.25) is 4.99 Å². The Morgan fingerprint density at radius 2 is 1.77 bits per heavy atom. The predicted molar refractivity (Wildman–Crippen MR) is 81.7 cm³/mol. The van der Waals surface area contributed by atoms with Gasteiger partial charge in [0.25, 0.3) is 0 Å². The van der Waals surface area contributed by atoms with E-state index in [0.29, 0.717) is 0 Å². The quantitative estimate of drug-likeness (QED) is 0.472. The smallest absolute Gasteiger partial charge is 0.343 e. The van der Waals surface area contributed by atoms with Crippen LogP contribution >= 0.6 is 0 Å². The molecule has 0 bridgehead atoms. The van der Waals surface area contributed by atoms with Crippen LogP contribution in [-0.2, 0) is 0 Å². The van der Waals surface area contributed by atoms with Crippen molar-refractivity contribution in [2.24, 2.45) is 4.99 Å². The van der Waals surface area contributed by atoms with E-state index < -0.39 is 23.3 Å². The Kier molecular flexibility index (Phi) is 4.78. The van der Waals surface area contributed by atoms with Crippen LogP contribution in [0.3, 0.4) is 0 Å². The summed E-state index contributed by atoms with van der Waals surface area (Å²) in [4.78, 5) is 15.2. The van der Waals surface area contributed by atoms with Crippen LogP contribution in [0.15, 0.2) is 47.5 Å². The second-order valence-electron chi connectivity index (χ2n) is 4.41. The Hall–Kier alpha value is -2.82. The van der Waals surface area contributed by atoms with E-state index in [0.717, 1.165) is 17.7 Å². The zero-order valence-corrected chi connectivity index (χ0v) is 11.8. The summed E-state index contributed by atoms with van der Waals surface area (Å²) in [6.45, 7) is 4.95. The monoisotopic (exact) mass is 301 g/mol. The summed E-state index contributed by atoms with van der Waals surface area (Å²) in [5.41, 5.74) is 0.702. The number of carbonyl (C=O) groups is 1. The SMILES string of the molecule is C=Nc1c(F)cc(OC(=O)c2ccc(/C=C/C)cc2)cc1F. The van der Waals surface area contributed by atoms with E-state index in [1.807, 2.05) is 19.1 Å². The van der Waals surface area contributed by atoms with Gasteiger partial charge in [-0.25, -0.2) is 13.6 Å². The van der Waals surface area contributed by atoms with Gasteiger partial charge in [0.05, 0.1) is 5.56 Å². The van der Waals surface area contributed by atoms with Crippen LogP contribution in [0.25, 0.3) is 6.08 Å². The molecule has 3 nitrogen and oxygen atoms in total. The lowest BCUT2D eigenvalue weighted by Gasteiger charge is -2.06. The van der Waals surface area contributed by atoms with Crippen molar-refractivity contribution in [2.75, 3.05) is 0 Å². The van der Waals surface area contributed by atoms with Gasteiger partial charge in [-0.05, 0) is 31.3 Å². The van der Waals surface area contributed by atoms with Gasteiger partial charge in [0.2, 0.25) is 0 Å². The molecule has 0 saturated heterocycles. The molecule has 0 radical (unpaired) electrons. The molecule has 0 amide bonds. The molecule has 112 valence electrons. The van der Waals surface area contributed by atoms with Crippen molar-refractivity contribution in [1.82, 2.24) is 0 Å². The zero-order valence-electron chi connectivity index (χ0n) is 11.8. The minimum atomic E-state index is -0.943. The highest BCUT2D eigenvalue weighted by atomic mass is 19.1. The Balaban J connectivity index is 2.20. The third-order valence-corrected chi connectivity index (χ3v) is 2.86. The lowest BCUT2D eigenvalue weighted by Crippen LogP contribution is -2.08. The first-order valence-electron chi connectivity index (χ1n) is 6.46. The molecular weight excluding hydrogens is 288 g/mol. The maximum absolute atomic E-state index is 13.5. The molecule has 0 N–H and O–H groups in total. The molecule has 0 aliphatic carbocycles. The van der Waals surface area contributed by atoms with Gasteiger partial charge in [0.15, 0.2) is 11.6 Å². The summed E-state index contributed by atoms with van der Waals surface area (Å²) in [7, 11) is 0. The highest BCUT2D eigenvalue weighted by Crippen LogP contribution is 2.27. The summed E-state index contributed by atoms with van der Waals surface area (Å²) in [6, 6.07) is 8.40. The van der Waals surface area contributed by atoms with Crippen molar-refractivity contribution in [3.8, 4) is 5.75 Å². The summed E-state index contributed by atoms with van der Waals surface area (Å²) in [6.07, 6.45) is 3.74. The van der Waals surface area contributed by atoms with Crippen LogP contribution in [0.5, 0.6) is 5.75 Å². The Morgan fingerprint density at radius 3 is 2.27 bits per heavy atom. The Labute approximate surface area is 126 Å². The normalized spacial score (nSPS) is 10.7. The van der Waals surface area contributed by atoms with Crippen LogP contribution in [0, 0.1) is 11.6 Å². The molecule has 2 rings (SSSR count). The molecule has 0 saturated carbocycles. The number of hydrogen-bond donors (Lipinski definition) is 0. The first-order valence-corrected chi connectivity index (χ1v) is 6.46. The summed E-state index contributed by atoms with van der Waals surface area (Å²) in [5.74, 6) is -2.82. The lowest BCUT2D eigenvalue weighted by atomic mass is 10.1. The topological polar surface area (TPSA) is 38.7 Å². The molecule has 2 aromatic carbocycles. The standard InChI is InChI=1S/C17H13F2NO2/c1-3-4-11-5-7-12(8-6-11)17(21)22-13-9-14(18)16(20-2)15(19)10-13/h3-10H,2H2,1H3/b4-3+. The van der Waals surface area contributed by atoms with Crippen LogP contribution < -0.4 is 4.74 Å². The molecule has 5 heteroatoms. The van der Waals surface area contributed by atoms with Crippen molar-refractivity contribution >= 4 is 24.5 Å². The fourth-order valence-corrected chi connectivity index (χ4v) is 1.84. The van der Waals surface area contributed by atoms with Gasteiger partial charge in [-0.15, -0.1) is 0 Å². The molecule has 22 heavy (non-hydrogen) atoms. The van der Waals surface area contributed by atoms with Crippen molar-refractivity contribution < 1.29 is 18.3 Å². The maximum atomic E-state index is 13.5. The molecule has 2 aromatic rings. The van der Waals surface area contributed by atoms with Crippen molar-refractivity contribution in [3.05, 3.63) is 65.2 Å². The van der Waals surface area contributed by atoms with E-state index in [2.05, 4.69) is 11.7 Å². The Morgan fingerprint density at radius 1 is 1.18 bits per heavy atom. The molecule has 0 aliphatic heterocycles. The second-order valence-corrected chi connectivity index (χ2v) is 4.41. The van der Waals surface area contributed by atoms with Crippen molar-refractivity contribution in [3.63, 3.8) is 0 Å². The minimum Gasteiger partial charge on any atom is -0.423 e. The highest BCUT2D eigenvalue weighted by Gasteiger charge is 2.14. The average molecular weight is 301 g/mol. The molecule has 0 unspecified atom stereocenters. The van der Waals surface area contributed by atoms with Crippen molar-refractivity contribution in [1.29, 1.82) is 0 Å². The lowest BCUT2D eigenvalue weighted by molar-refractivity contribution is 0.0734. The number of rotatable bonds is 4. The third-order valence-electron chi connectivity index (χ3n) is 2.86. The number of benzene rings is 2. The van der Waals surface area contributed by atoms with E-state index in [-0.39, 0.29) is 11.3 Å². The maximum Gasteiger partial charge on any atom is 0.343 e. The van der Waals surface area contributed by atoms with Gasteiger partial charge >= 0.3 is 5.97 Å². The summed E-state index contributed by atoms with van der Waals surface area (Å²) in [5, 5.41) is 0. The number of esters is 1. The van der Waals surface area contributed by atoms with Gasteiger partial charge in [0, 0.05) is 12.1 Å². The molecular formula is C17H13F2NO2.